The molecule has 0 spiro atoms. The number of rotatable bonds is 11. The molecule has 0 aliphatic heterocycles. The summed E-state index contributed by atoms with van der Waals surface area (Å²) in [5.41, 5.74) is 4.65. The fourth-order valence-electron chi connectivity index (χ4n) is 4.56. The van der Waals surface area contributed by atoms with E-state index >= 15 is 0 Å². The maximum Gasteiger partial charge on any atom is 0.440 e. The molecule has 1 N–H and O–H groups in total. The molecule has 10 nitrogen and oxygen atoms in total. The fourth-order valence-corrected chi connectivity index (χ4v) is 4.56. The molecular formula is C31H34N4O6. The number of ether oxygens (including phenoxy) is 1. The molecule has 0 fully saturated rings. The lowest BCUT2D eigenvalue weighted by Gasteiger charge is -2.23. The number of benzene rings is 3. The molecule has 0 atom stereocenters. The lowest BCUT2D eigenvalue weighted by Crippen LogP contribution is -2.41. The summed E-state index contributed by atoms with van der Waals surface area (Å²) in [5, 5.41) is 0. The molecular weight excluding hydrogens is 524 g/mol. The van der Waals surface area contributed by atoms with E-state index in [9.17, 15) is 19.2 Å². The summed E-state index contributed by atoms with van der Waals surface area (Å²) < 4.78 is 11.7. The number of carbonyl (C=O) groups is 2. The van der Waals surface area contributed by atoms with Gasteiger partial charge in [0.05, 0.1) is 13.1 Å². The Hall–Kier alpha value is -4.86. The average Bonchev–Trinajstić information content (AvgIpc) is 3.28. The van der Waals surface area contributed by atoms with Crippen molar-refractivity contribution in [3.05, 3.63) is 110 Å². The minimum absolute atomic E-state index is 0.0388. The third-order valence-electron chi connectivity index (χ3n) is 6.83. The first kappa shape index (κ1) is 29.1. The molecule has 0 saturated heterocycles. The predicted octanol–water partition coefficient (Wildman–Crippen LogP) is 3.67. The van der Waals surface area contributed by atoms with Crippen molar-refractivity contribution in [3.8, 4) is 16.9 Å². The number of H-pyrrole nitrogens is 1. The molecule has 0 saturated carbocycles. The van der Waals surface area contributed by atoms with Crippen LogP contribution in [-0.2, 0) is 17.9 Å². The Bertz CT molecular complexity index is 1630. The number of likely N-dealkylation sites (N-methyl/N-ethyl adjacent to an activating group) is 2. The first-order valence-corrected chi connectivity index (χ1v) is 13.4. The Balaban J connectivity index is 1.39. The molecule has 0 aliphatic rings. The van der Waals surface area contributed by atoms with E-state index in [1.165, 1.54) is 4.90 Å². The molecule has 0 bridgehead atoms. The highest BCUT2D eigenvalue weighted by atomic mass is 16.5. The van der Waals surface area contributed by atoms with Crippen LogP contribution < -0.4 is 16.2 Å². The molecule has 3 aromatic carbocycles. The molecule has 0 aliphatic carbocycles. The van der Waals surface area contributed by atoms with E-state index in [4.69, 9.17) is 9.26 Å². The van der Waals surface area contributed by atoms with Crippen LogP contribution in [0.1, 0.15) is 40.9 Å². The van der Waals surface area contributed by atoms with Gasteiger partial charge in [0.2, 0.25) is 5.91 Å². The predicted molar refractivity (Wildman–Crippen MR) is 155 cm³/mol. The van der Waals surface area contributed by atoms with Crippen LogP contribution in [0.3, 0.4) is 0 Å². The molecule has 41 heavy (non-hydrogen) atoms. The number of carbonyl (C=O) groups excluding carboxylic acids is 2. The van der Waals surface area contributed by atoms with E-state index in [1.54, 1.807) is 42.3 Å². The van der Waals surface area contributed by atoms with Gasteiger partial charge < -0.3 is 19.1 Å². The largest absolute Gasteiger partial charge is 0.489 e. The van der Waals surface area contributed by atoms with Crippen LogP contribution in [0.2, 0.25) is 0 Å². The van der Waals surface area contributed by atoms with Crippen molar-refractivity contribution in [2.45, 2.75) is 33.9 Å². The van der Waals surface area contributed by atoms with Gasteiger partial charge in [-0.3, -0.25) is 9.59 Å². The zero-order valence-corrected chi connectivity index (χ0v) is 23.7. The number of hydrogen-bond donors (Lipinski definition) is 1. The van der Waals surface area contributed by atoms with Crippen LogP contribution in [0.15, 0.2) is 80.8 Å². The number of aryl methyl sites for hydroxylation is 1. The van der Waals surface area contributed by atoms with Crippen molar-refractivity contribution in [2.75, 3.05) is 26.7 Å². The highest BCUT2D eigenvalue weighted by Gasteiger charge is 2.18. The van der Waals surface area contributed by atoms with Crippen LogP contribution in [0.25, 0.3) is 11.1 Å². The monoisotopic (exact) mass is 558 g/mol. The zero-order chi connectivity index (χ0) is 29.5. The molecule has 0 unspecified atom stereocenters. The van der Waals surface area contributed by atoms with Crippen LogP contribution in [-0.4, -0.2) is 58.0 Å². The van der Waals surface area contributed by atoms with Crippen molar-refractivity contribution in [1.29, 1.82) is 0 Å². The van der Waals surface area contributed by atoms with Crippen LogP contribution in [0, 0.1) is 6.92 Å². The third-order valence-corrected chi connectivity index (χ3v) is 6.83. The van der Waals surface area contributed by atoms with Crippen LogP contribution in [0.5, 0.6) is 5.75 Å². The van der Waals surface area contributed by atoms with Gasteiger partial charge in [0, 0.05) is 25.7 Å². The summed E-state index contributed by atoms with van der Waals surface area (Å²) in [6.45, 7) is 7.55. The Morgan fingerprint density at radius 3 is 2.32 bits per heavy atom. The Morgan fingerprint density at radius 1 is 0.951 bits per heavy atom. The van der Waals surface area contributed by atoms with E-state index in [0.717, 1.165) is 32.6 Å². The topological polar surface area (TPSA) is 118 Å². The molecule has 0 radical (unpaired) electrons. The summed E-state index contributed by atoms with van der Waals surface area (Å²) in [6.07, 6.45) is 0. The highest BCUT2D eigenvalue weighted by Crippen LogP contribution is 2.26. The maximum atomic E-state index is 13.0. The molecule has 2 amide bonds. The number of hydrogen-bond acceptors (Lipinski definition) is 6. The summed E-state index contributed by atoms with van der Waals surface area (Å²) in [7, 11) is 1.65. The summed E-state index contributed by atoms with van der Waals surface area (Å²) in [5.74, 6) is -0.399. The van der Waals surface area contributed by atoms with Gasteiger partial charge in [-0.15, -0.1) is 4.74 Å². The number of nitrogens with one attached hydrogen (secondary N) is 1. The van der Waals surface area contributed by atoms with Crippen molar-refractivity contribution < 1.29 is 18.8 Å². The van der Waals surface area contributed by atoms with Crippen LogP contribution >= 0.6 is 0 Å². The van der Waals surface area contributed by atoms with Gasteiger partial charge in [-0.1, -0.05) is 36.4 Å². The minimum atomic E-state index is -0.788. The molecule has 4 aromatic rings. The third kappa shape index (κ3) is 7.21. The Labute approximate surface area is 237 Å². The number of nitrogens with zero attached hydrogens (tertiary/aromatic N) is 3. The highest BCUT2D eigenvalue weighted by molar-refractivity contribution is 5.97. The quantitative estimate of drug-likeness (QED) is 0.300. The lowest BCUT2D eigenvalue weighted by molar-refractivity contribution is -0.131. The summed E-state index contributed by atoms with van der Waals surface area (Å²) >= 11 is 0. The van der Waals surface area contributed by atoms with E-state index in [-0.39, 0.29) is 24.9 Å². The Morgan fingerprint density at radius 2 is 1.68 bits per heavy atom. The summed E-state index contributed by atoms with van der Waals surface area (Å²) in [4.78, 5) is 53.4. The molecule has 1 aromatic heterocycles. The van der Waals surface area contributed by atoms with Crippen molar-refractivity contribution >= 4 is 11.8 Å². The zero-order valence-electron chi connectivity index (χ0n) is 23.7. The lowest BCUT2D eigenvalue weighted by atomic mass is 9.97. The standard InChI is InChI=1S/C31H34N4O6/c1-5-34(6-2)28(36)19-33(4)29(37)25-12-15-27(21(3)16-25)24-9-7-8-23(17-24)20-40-26-13-10-22(11-14-26)18-35-30(38)32-31(39)41-35/h7-17H,5-6,18-20H2,1-4H3,(H,32,38,39). The molecule has 214 valence electrons. The van der Waals surface area contributed by atoms with Crippen molar-refractivity contribution in [2.24, 2.45) is 0 Å². The van der Waals surface area contributed by atoms with Gasteiger partial charge in [0.1, 0.15) is 12.4 Å². The van der Waals surface area contributed by atoms with Gasteiger partial charge in [0.25, 0.3) is 5.91 Å². The smallest absolute Gasteiger partial charge is 0.440 e. The molecule has 4 rings (SSSR count). The Kier molecular flexibility index (Phi) is 9.23. The normalized spacial score (nSPS) is 10.8. The second-order valence-electron chi connectivity index (χ2n) is 9.74. The first-order valence-electron chi connectivity index (χ1n) is 13.4. The minimum Gasteiger partial charge on any atom is -0.489 e. The first-order chi connectivity index (χ1) is 19.7. The van der Waals surface area contributed by atoms with Gasteiger partial charge in [0.15, 0.2) is 0 Å². The van der Waals surface area contributed by atoms with Crippen molar-refractivity contribution in [1.82, 2.24) is 19.5 Å². The van der Waals surface area contributed by atoms with Crippen LogP contribution in [0.4, 0.5) is 0 Å². The van der Waals surface area contributed by atoms with Gasteiger partial charge in [-0.25, -0.2) is 14.6 Å². The van der Waals surface area contributed by atoms with Crippen molar-refractivity contribution in [3.63, 3.8) is 0 Å². The number of aromatic nitrogens is 2. The fraction of sp³-hybridized carbons (Fsp3) is 0.290. The summed E-state index contributed by atoms with van der Waals surface area (Å²) in [6, 6.07) is 20.8. The van der Waals surface area contributed by atoms with Gasteiger partial charge >= 0.3 is 11.4 Å². The average molecular weight is 559 g/mol. The number of aromatic amines is 1. The van der Waals surface area contributed by atoms with E-state index < -0.39 is 11.4 Å². The van der Waals surface area contributed by atoms with E-state index in [2.05, 4.69) is 4.98 Å². The molecule has 1 heterocycles. The number of amides is 2. The second kappa shape index (κ2) is 13.0. The molecule has 10 heteroatoms. The second-order valence-corrected chi connectivity index (χ2v) is 9.74. The maximum absolute atomic E-state index is 13.0. The SMILES string of the molecule is CCN(CC)C(=O)CN(C)C(=O)c1ccc(-c2cccc(COc3ccc(Cn4oc(=O)[nH]c4=O)cc3)c2)c(C)c1. The van der Waals surface area contributed by atoms with E-state index in [0.29, 0.717) is 31.0 Å². The van der Waals surface area contributed by atoms with Gasteiger partial charge in [-0.2, -0.15) is 0 Å². The van der Waals surface area contributed by atoms with E-state index in [1.807, 2.05) is 57.2 Å². The van der Waals surface area contributed by atoms with Gasteiger partial charge in [-0.05, 0) is 78.9 Å².